The first-order valence-corrected chi connectivity index (χ1v) is 3.12. The zero-order chi connectivity index (χ0) is 7.52. The lowest BCUT2D eigenvalue weighted by Crippen LogP contribution is -1.80. The number of hydrogen-bond acceptors (Lipinski definition) is 4. The Hall–Kier alpha value is -1.71. The molecular formula is C7H5N3O. The number of rotatable bonds is 1. The summed E-state index contributed by atoms with van der Waals surface area (Å²) in [5.41, 5.74) is 0.748. The van der Waals surface area contributed by atoms with Crippen LogP contribution in [-0.4, -0.2) is 15.0 Å². The van der Waals surface area contributed by atoms with Gasteiger partial charge in [0, 0.05) is 6.20 Å². The summed E-state index contributed by atoms with van der Waals surface area (Å²) in [5, 5.41) is 0. The van der Waals surface area contributed by atoms with Gasteiger partial charge in [-0.15, -0.1) is 0 Å². The Bertz CT molecular complexity index is 317. The van der Waals surface area contributed by atoms with Gasteiger partial charge in [0.15, 0.2) is 12.2 Å². The first-order valence-electron chi connectivity index (χ1n) is 3.12. The molecule has 0 aromatic carbocycles. The van der Waals surface area contributed by atoms with Crippen LogP contribution in [0.4, 0.5) is 0 Å². The van der Waals surface area contributed by atoms with E-state index in [1.165, 1.54) is 12.7 Å². The van der Waals surface area contributed by atoms with E-state index in [0.29, 0.717) is 5.76 Å². The Morgan fingerprint density at radius 3 is 2.91 bits per heavy atom. The molecule has 0 bridgehead atoms. The van der Waals surface area contributed by atoms with E-state index in [4.69, 9.17) is 4.42 Å². The van der Waals surface area contributed by atoms with Crippen LogP contribution in [-0.2, 0) is 0 Å². The van der Waals surface area contributed by atoms with Gasteiger partial charge in [-0.2, -0.15) is 0 Å². The summed E-state index contributed by atoms with van der Waals surface area (Å²) < 4.78 is 5.02. The highest BCUT2D eigenvalue weighted by atomic mass is 16.3. The predicted octanol–water partition coefficient (Wildman–Crippen LogP) is 1.13. The third kappa shape index (κ3) is 1.10. The van der Waals surface area contributed by atoms with Crippen molar-refractivity contribution in [2.45, 2.75) is 0 Å². The molecule has 0 saturated heterocycles. The molecule has 2 rings (SSSR count). The Morgan fingerprint density at radius 1 is 1.27 bits per heavy atom. The average molecular weight is 147 g/mol. The molecule has 0 saturated carbocycles. The molecule has 0 atom stereocenters. The highest BCUT2D eigenvalue weighted by Crippen LogP contribution is 2.12. The molecule has 0 radical (unpaired) electrons. The lowest BCUT2D eigenvalue weighted by molar-refractivity contribution is 0.569. The van der Waals surface area contributed by atoms with Crippen LogP contribution in [0.1, 0.15) is 0 Å². The average Bonchev–Trinajstić information content (AvgIpc) is 2.58. The standard InChI is InChI=1S/C7H5N3O/c1-2-8-4-10-6(1)7-3-9-5-11-7/h1-5H. The van der Waals surface area contributed by atoms with Crippen molar-refractivity contribution in [2.24, 2.45) is 0 Å². The number of aromatic nitrogens is 3. The van der Waals surface area contributed by atoms with Crippen LogP contribution in [0.15, 0.2) is 35.6 Å². The van der Waals surface area contributed by atoms with Gasteiger partial charge in [0.05, 0.1) is 6.20 Å². The second kappa shape index (κ2) is 2.49. The second-order valence-electron chi connectivity index (χ2n) is 1.96. The zero-order valence-electron chi connectivity index (χ0n) is 5.64. The highest BCUT2D eigenvalue weighted by Gasteiger charge is 1.99. The van der Waals surface area contributed by atoms with Gasteiger partial charge in [-0.1, -0.05) is 0 Å². The van der Waals surface area contributed by atoms with Gasteiger partial charge in [0.25, 0.3) is 0 Å². The highest BCUT2D eigenvalue weighted by molar-refractivity contribution is 5.48. The summed E-state index contributed by atoms with van der Waals surface area (Å²) in [6, 6.07) is 1.76. The molecule has 0 aliphatic heterocycles. The summed E-state index contributed by atoms with van der Waals surface area (Å²) in [7, 11) is 0. The van der Waals surface area contributed by atoms with E-state index in [1.54, 1.807) is 18.5 Å². The summed E-state index contributed by atoms with van der Waals surface area (Å²) in [5.74, 6) is 0.660. The maximum Gasteiger partial charge on any atom is 0.181 e. The molecule has 0 N–H and O–H groups in total. The predicted molar refractivity (Wildman–Crippen MR) is 37.5 cm³/mol. The van der Waals surface area contributed by atoms with Crippen molar-refractivity contribution in [3.63, 3.8) is 0 Å². The van der Waals surface area contributed by atoms with Gasteiger partial charge in [0.2, 0.25) is 0 Å². The zero-order valence-corrected chi connectivity index (χ0v) is 5.64. The summed E-state index contributed by atoms with van der Waals surface area (Å²) in [6.45, 7) is 0. The summed E-state index contributed by atoms with van der Waals surface area (Å²) >= 11 is 0. The smallest absolute Gasteiger partial charge is 0.181 e. The van der Waals surface area contributed by atoms with E-state index < -0.39 is 0 Å². The van der Waals surface area contributed by atoms with Gasteiger partial charge >= 0.3 is 0 Å². The Morgan fingerprint density at radius 2 is 2.27 bits per heavy atom. The van der Waals surface area contributed by atoms with Crippen molar-refractivity contribution in [3.8, 4) is 11.5 Å². The van der Waals surface area contributed by atoms with E-state index in [1.807, 2.05) is 0 Å². The van der Waals surface area contributed by atoms with Gasteiger partial charge in [-0.3, -0.25) is 0 Å². The van der Waals surface area contributed by atoms with Crippen molar-refractivity contribution in [1.82, 2.24) is 15.0 Å². The van der Waals surface area contributed by atoms with Crippen LogP contribution in [0, 0.1) is 0 Å². The number of oxazole rings is 1. The lowest BCUT2D eigenvalue weighted by atomic mass is 10.3. The molecule has 2 aromatic heterocycles. The normalized spacial score (nSPS) is 9.82. The van der Waals surface area contributed by atoms with E-state index in [2.05, 4.69) is 15.0 Å². The molecular weight excluding hydrogens is 142 g/mol. The fraction of sp³-hybridized carbons (Fsp3) is 0. The topological polar surface area (TPSA) is 51.8 Å². The molecule has 4 nitrogen and oxygen atoms in total. The molecule has 2 aromatic rings. The third-order valence-corrected chi connectivity index (χ3v) is 1.27. The quantitative estimate of drug-likeness (QED) is 0.606. The molecule has 2 heterocycles. The van der Waals surface area contributed by atoms with E-state index in [9.17, 15) is 0 Å². The molecule has 0 aliphatic rings. The van der Waals surface area contributed by atoms with Crippen LogP contribution in [0.25, 0.3) is 11.5 Å². The molecule has 54 valence electrons. The largest absolute Gasteiger partial charge is 0.442 e. The fourth-order valence-corrected chi connectivity index (χ4v) is 0.779. The lowest BCUT2D eigenvalue weighted by Gasteiger charge is -1.89. The Labute approximate surface area is 62.9 Å². The van der Waals surface area contributed by atoms with Crippen LogP contribution >= 0.6 is 0 Å². The van der Waals surface area contributed by atoms with Crippen LogP contribution in [0.2, 0.25) is 0 Å². The summed E-state index contributed by atoms with van der Waals surface area (Å²) in [4.78, 5) is 11.5. The molecule has 11 heavy (non-hydrogen) atoms. The molecule has 0 spiro atoms. The van der Waals surface area contributed by atoms with Crippen LogP contribution < -0.4 is 0 Å². The SMILES string of the molecule is c1cc(-c2cnco2)ncn1. The molecule has 0 amide bonds. The Kier molecular flexibility index (Phi) is 1.37. The van der Waals surface area contributed by atoms with Gasteiger partial charge in [-0.05, 0) is 6.07 Å². The molecule has 0 unspecified atom stereocenters. The monoisotopic (exact) mass is 147 g/mol. The first kappa shape index (κ1) is 6.03. The minimum atomic E-state index is 0.660. The van der Waals surface area contributed by atoms with Crippen molar-refractivity contribution < 1.29 is 4.42 Å². The summed E-state index contributed by atoms with van der Waals surface area (Å²) in [6.07, 6.45) is 6.11. The van der Waals surface area contributed by atoms with Crippen LogP contribution in [0.3, 0.4) is 0 Å². The van der Waals surface area contributed by atoms with Gasteiger partial charge in [0.1, 0.15) is 12.0 Å². The Balaban J connectivity index is 2.46. The van der Waals surface area contributed by atoms with Gasteiger partial charge in [-0.25, -0.2) is 15.0 Å². The van der Waals surface area contributed by atoms with E-state index >= 15 is 0 Å². The van der Waals surface area contributed by atoms with Crippen molar-refractivity contribution in [2.75, 3.05) is 0 Å². The molecule has 0 fully saturated rings. The number of hydrogen-bond donors (Lipinski definition) is 0. The van der Waals surface area contributed by atoms with Crippen molar-refractivity contribution >= 4 is 0 Å². The number of nitrogens with zero attached hydrogens (tertiary/aromatic N) is 3. The second-order valence-corrected chi connectivity index (χ2v) is 1.96. The third-order valence-electron chi connectivity index (χ3n) is 1.27. The minimum Gasteiger partial charge on any atom is -0.442 e. The van der Waals surface area contributed by atoms with Gasteiger partial charge < -0.3 is 4.42 Å². The van der Waals surface area contributed by atoms with Crippen LogP contribution in [0.5, 0.6) is 0 Å². The minimum absolute atomic E-state index is 0.660. The fourth-order valence-electron chi connectivity index (χ4n) is 0.779. The first-order chi connectivity index (χ1) is 5.47. The van der Waals surface area contributed by atoms with E-state index in [-0.39, 0.29) is 0 Å². The van der Waals surface area contributed by atoms with Crippen molar-refractivity contribution in [1.29, 1.82) is 0 Å². The van der Waals surface area contributed by atoms with Crippen molar-refractivity contribution in [3.05, 3.63) is 31.2 Å². The van der Waals surface area contributed by atoms with E-state index in [0.717, 1.165) is 5.69 Å². The molecule has 0 aliphatic carbocycles. The maximum atomic E-state index is 5.02. The maximum absolute atomic E-state index is 5.02. The molecule has 4 heteroatoms.